The van der Waals surface area contributed by atoms with E-state index in [4.69, 9.17) is 21.1 Å². The maximum Gasteiger partial charge on any atom is 0.345 e. The lowest BCUT2D eigenvalue weighted by molar-refractivity contribution is 0.0729. The minimum Gasteiger partial charge on any atom is -0.493 e. The molecule has 1 aromatic heterocycles. The number of carbonyl (C=O) groups is 1. The lowest BCUT2D eigenvalue weighted by atomic mass is 10.2. The molecule has 11 nitrogen and oxygen atoms in total. The van der Waals surface area contributed by atoms with E-state index in [0.717, 1.165) is 0 Å². The highest BCUT2D eigenvalue weighted by Crippen LogP contribution is 2.30. The van der Waals surface area contributed by atoms with Crippen LogP contribution in [0.3, 0.4) is 0 Å². The molecule has 0 atom stereocenters. The van der Waals surface area contributed by atoms with Gasteiger partial charge in [-0.1, -0.05) is 25.4 Å². The first-order chi connectivity index (χ1) is 17.6. The number of halogens is 1. The van der Waals surface area contributed by atoms with Gasteiger partial charge in [0.15, 0.2) is 11.5 Å². The average Bonchev–Trinajstić information content (AvgIpc) is 2.85. The minimum atomic E-state index is -3.80. The van der Waals surface area contributed by atoms with Gasteiger partial charge in [-0.15, -0.1) is 0 Å². The van der Waals surface area contributed by atoms with Crippen LogP contribution in [-0.2, 0) is 10.0 Å². The Kier molecular flexibility index (Phi) is 9.03. The van der Waals surface area contributed by atoms with E-state index in [9.17, 15) is 18.0 Å². The van der Waals surface area contributed by atoms with E-state index >= 15 is 0 Å². The SMILES string of the molecule is CCN(CC)S(=O)(=O)c1ccc(Cl)c(C(=O)Oc2ccc(C=NNc3nc(C)cc(=O)[nH]3)cc2OC)c1. The molecule has 1 heterocycles. The monoisotopic (exact) mass is 547 g/mol. The molecule has 0 aliphatic heterocycles. The van der Waals surface area contributed by atoms with Crippen molar-refractivity contribution in [1.29, 1.82) is 0 Å². The van der Waals surface area contributed by atoms with Gasteiger partial charge in [0.25, 0.3) is 5.56 Å². The molecule has 3 aromatic rings. The van der Waals surface area contributed by atoms with E-state index in [1.54, 1.807) is 32.9 Å². The number of carbonyl (C=O) groups excluding carboxylic acids is 1. The largest absolute Gasteiger partial charge is 0.493 e. The fourth-order valence-corrected chi connectivity index (χ4v) is 5.02. The first-order valence-corrected chi connectivity index (χ1v) is 13.0. The number of aromatic nitrogens is 2. The van der Waals surface area contributed by atoms with Crippen LogP contribution in [0.1, 0.15) is 35.5 Å². The Morgan fingerprint density at radius 3 is 2.54 bits per heavy atom. The number of nitrogens with zero attached hydrogens (tertiary/aromatic N) is 3. The van der Waals surface area contributed by atoms with Gasteiger partial charge in [-0.05, 0) is 48.9 Å². The minimum absolute atomic E-state index is 0.0418. The maximum atomic E-state index is 12.9. The number of ether oxygens (including phenoxy) is 2. The zero-order chi connectivity index (χ0) is 27.2. The van der Waals surface area contributed by atoms with E-state index in [-0.39, 0.29) is 51.6 Å². The molecule has 0 aliphatic carbocycles. The number of methoxy groups -OCH3 is 1. The van der Waals surface area contributed by atoms with Crippen LogP contribution in [0.15, 0.2) is 57.3 Å². The fourth-order valence-electron chi connectivity index (χ4n) is 3.34. The van der Waals surface area contributed by atoms with Crippen LogP contribution in [0.4, 0.5) is 5.95 Å². The van der Waals surface area contributed by atoms with E-state index in [1.807, 2.05) is 0 Å². The van der Waals surface area contributed by atoms with Gasteiger partial charge in [-0.2, -0.15) is 9.41 Å². The Morgan fingerprint density at radius 1 is 1.16 bits per heavy atom. The molecule has 3 rings (SSSR count). The summed E-state index contributed by atoms with van der Waals surface area (Å²) in [6.07, 6.45) is 1.45. The molecule has 0 saturated carbocycles. The number of esters is 1. The molecule has 196 valence electrons. The summed E-state index contributed by atoms with van der Waals surface area (Å²) in [5.41, 5.74) is 3.33. The Bertz CT molecular complexity index is 1490. The van der Waals surface area contributed by atoms with Gasteiger partial charge in [0.2, 0.25) is 16.0 Å². The summed E-state index contributed by atoms with van der Waals surface area (Å²) in [6, 6.07) is 9.92. The molecule has 37 heavy (non-hydrogen) atoms. The van der Waals surface area contributed by atoms with Crippen molar-refractivity contribution in [3.63, 3.8) is 0 Å². The number of sulfonamides is 1. The molecule has 2 aromatic carbocycles. The van der Waals surface area contributed by atoms with Crippen LogP contribution >= 0.6 is 11.6 Å². The van der Waals surface area contributed by atoms with Crippen molar-refractivity contribution >= 4 is 39.8 Å². The Morgan fingerprint density at radius 2 is 1.89 bits per heavy atom. The molecular formula is C24H26ClN5O6S. The number of aryl methyl sites for hydroxylation is 1. The van der Waals surface area contributed by atoms with Crippen LogP contribution in [0.5, 0.6) is 11.5 Å². The smallest absolute Gasteiger partial charge is 0.345 e. The lowest BCUT2D eigenvalue weighted by Gasteiger charge is -2.19. The molecule has 0 saturated heterocycles. The molecule has 0 bridgehead atoms. The number of hydrogen-bond acceptors (Lipinski definition) is 9. The first-order valence-electron chi connectivity index (χ1n) is 11.2. The zero-order valence-corrected chi connectivity index (χ0v) is 22.2. The molecular weight excluding hydrogens is 522 g/mol. The highest BCUT2D eigenvalue weighted by atomic mass is 35.5. The number of hydrogen-bond donors (Lipinski definition) is 2. The zero-order valence-electron chi connectivity index (χ0n) is 20.6. The van der Waals surface area contributed by atoms with Gasteiger partial charge in [0.1, 0.15) is 0 Å². The van der Waals surface area contributed by atoms with Crippen LogP contribution in [0.2, 0.25) is 5.02 Å². The van der Waals surface area contributed by atoms with Crippen molar-refractivity contribution in [2.24, 2.45) is 5.10 Å². The van der Waals surface area contributed by atoms with Crippen molar-refractivity contribution in [2.75, 3.05) is 25.6 Å². The first kappa shape index (κ1) is 27.8. The Hall–Kier alpha value is -3.74. The second-order valence-electron chi connectivity index (χ2n) is 7.64. The van der Waals surface area contributed by atoms with Gasteiger partial charge in [-0.3, -0.25) is 9.78 Å². The predicted molar refractivity (Wildman–Crippen MR) is 140 cm³/mol. The highest BCUT2D eigenvalue weighted by Gasteiger charge is 2.25. The molecule has 0 aliphatic rings. The van der Waals surface area contributed by atoms with E-state index in [1.165, 1.54) is 48.0 Å². The number of anilines is 1. The normalized spacial score (nSPS) is 11.6. The van der Waals surface area contributed by atoms with E-state index in [0.29, 0.717) is 11.3 Å². The van der Waals surface area contributed by atoms with Crippen molar-refractivity contribution in [1.82, 2.24) is 14.3 Å². The number of aromatic amines is 1. The molecule has 0 fully saturated rings. The number of hydrazone groups is 1. The second-order valence-corrected chi connectivity index (χ2v) is 9.98. The number of benzene rings is 2. The maximum absolute atomic E-state index is 12.9. The van der Waals surface area contributed by atoms with Gasteiger partial charge in [0, 0.05) is 24.8 Å². The number of rotatable bonds is 10. The third-order valence-electron chi connectivity index (χ3n) is 5.15. The topological polar surface area (TPSA) is 143 Å². The van der Waals surface area contributed by atoms with Crippen molar-refractivity contribution in [3.8, 4) is 11.5 Å². The summed E-state index contributed by atoms with van der Waals surface area (Å²) in [4.78, 5) is 31.0. The summed E-state index contributed by atoms with van der Waals surface area (Å²) in [7, 11) is -2.40. The number of nitrogens with one attached hydrogen (secondary N) is 2. The van der Waals surface area contributed by atoms with Crippen LogP contribution in [0.25, 0.3) is 0 Å². The van der Waals surface area contributed by atoms with Gasteiger partial charge < -0.3 is 9.47 Å². The molecule has 0 radical (unpaired) electrons. The third-order valence-corrected chi connectivity index (χ3v) is 7.52. The Balaban J connectivity index is 1.81. The summed E-state index contributed by atoms with van der Waals surface area (Å²) in [6.45, 7) is 5.70. The van der Waals surface area contributed by atoms with Gasteiger partial charge in [-0.25, -0.2) is 23.6 Å². The van der Waals surface area contributed by atoms with Gasteiger partial charge >= 0.3 is 5.97 Å². The molecule has 0 amide bonds. The number of H-pyrrole nitrogens is 1. The molecule has 13 heteroatoms. The summed E-state index contributed by atoms with van der Waals surface area (Å²) < 4.78 is 37.8. The predicted octanol–water partition coefficient (Wildman–Crippen LogP) is 3.44. The summed E-state index contributed by atoms with van der Waals surface area (Å²) in [5.74, 6) is -0.351. The Labute approximate surface area is 219 Å². The third kappa shape index (κ3) is 6.73. The van der Waals surface area contributed by atoms with E-state index < -0.39 is 16.0 Å². The quantitative estimate of drug-likeness (QED) is 0.170. The standard InChI is InChI=1S/C24H26ClN5O6S/c1-5-30(6-2)37(33,34)17-8-9-19(25)18(13-17)23(32)36-20-10-7-16(12-21(20)35-4)14-26-29-24-27-15(3)11-22(31)28-24/h7-14H,5-6H2,1-4H3,(H2,27,28,29,31). The highest BCUT2D eigenvalue weighted by molar-refractivity contribution is 7.89. The molecule has 0 spiro atoms. The van der Waals surface area contributed by atoms with Crippen LogP contribution in [0, 0.1) is 6.92 Å². The molecule has 0 unspecified atom stereocenters. The van der Waals surface area contributed by atoms with Crippen LogP contribution < -0.4 is 20.5 Å². The van der Waals surface area contributed by atoms with Crippen molar-refractivity contribution in [3.05, 3.63) is 74.7 Å². The van der Waals surface area contributed by atoms with Gasteiger partial charge in [0.05, 0.1) is 28.8 Å². The van der Waals surface area contributed by atoms with Crippen molar-refractivity contribution < 1.29 is 22.7 Å². The molecule has 2 N–H and O–H groups in total. The lowest BCUT2D eigenvalue weighted by Crippen LogP contribution is -2.30. The second kappa shape index (κ2) is 12.0. The summed E-state index contributed by atoms with van der Waals surface area (Å²) >= 11 is 6.19. The average molecular weight is 548 g/mol. The van der Waals surface area contributed by atoms with E-state index in [2.05, 4.69) is 20.5 Å². The van der Waals surface area contributed by atoms with Crippen LogP contribution in [-0.4, -0.2) is 55.1 Å². The van der Waals surface area contributed by atoms with Crippen molar-refractivity contribution in [2.45, 2.75) is 25.7 Å². The fraction of sp³-hybridized carbons (Fsp3) is 0.250. The summed E-state index contributed by atoms with van der Waals surface area (Å²) in [5, 5.41) is 4.07.